The molecule has 3 aliphatic rings. The number of ketones is 2. The van der Waals surface area contributed by atoms with Crippen LogP contribution in [0.5, 0.6) is 11.5 Å². The Kier molecular flexibility index (Phi) is 7.03. The Morgan fingerprint density at radius 3 is 2.28 bits per heavy atom. The number of aliphatic hydroxyl groups is 4. The van der Waals surface area contributed by atoms with Crippen molar-refractivity contribution in [3.63, 3.8) is 0 Å². The van der Waals surface area contributed by atoms with Crippen LogP contribution in [0, 0.1) is 17.7 Å². The summed E-state index contributed by atoms with van der Waals surface area (Å²) in [7, 11) is 2.88. The summed E-state index contributed by atoms with van der Waals surface area (Å²) < 4.78 is 18.2. The third-order valence-electron chi connectivity index (χ3n) is 8.39. The van der Waals surface area contributed by atoms with E-state index in [4.69, 9.17) is 10.5 Å². The average molecular weight is 598 g/mol. The van der Waals surface area contributed by atoms with E-state index in [1.807, 2.05) is 0 Å². The lowest BCUT2D eigenvalue weighted by Crippen LogP contribution is -2.68. The second-order valence-corrected chi connectivity index (χ2v) is 10.9. The van der Waals surface area contributed by atoms with Gasteiger partial charge in [0.1, 0.15) is 28.7 Å². The van der Waals surface area contributed by atoms with Crippen LogP contribution in [0.2, 0.25) is 0 Å². The number of nitrogens with one attached hydrogen (secondary N) is 1. The highest BCUT2D eigenvalue weighted by Crippen LogP contribution is 2.56. The van der Waals surface area contributed by atoms with E-state index in [1.54, 1.807) is 6.92 Å². The Hall–Kier alpha value is -4.79. The van der Waals surface area contributed by atoms with Gasteiger partial charge in [-0.25, -0.2) is 9.18 Å². The fraction of sp³-hybridized carbons (Fsp3) is 0.310. The van der Waals surface area contributed by atoms with Crippen molar-refractivity contribution in [2.24, 2.45) is 17.6 Å². The first-order valence-electron chi connectivity index (χ1n) is 13.1. The van der Waals surface area contributed by atoms with Gasteiger partial charge in [-0.3, -0.25) is 24.6 Å². The van der Waals surface area contributed by atoms with Crippen molar-refractivity contribution in [1.82, 2.24) is 4.90 Å². The molecule has 14 heteroatoms. The number of carbonyl (C=O) groups excluding carboxylic acids is 4. The quantitative estimate of drug-likeness (QED) is 0.197. The predicted octanol–water partition coefficient (Wildman–Crippen LogP) is 1.40. The maximum atomic E-state index is 13.9. The van der Waals surface area contributed by atoms with E-state index in [0.29, 0.717) is 0 Å². The van der Waals surface area contributed by atoms with Gasteiger partial charge >= 0.3 is 6.09 Å². The molecule has 8 N–H and O–H groups in total. The molecule has 0 bridgehead atoms. The molecule has 226 valence electrons. The van der Waals surface area contributed by atoms with Crippen molar-refractivity contribution >= 4 is 29.3 Å². The fourth-order valence-electron chi connectivity index (χ4n) is 6.47. The van der Waals surface area contributed by atoms with E-state index in [0.717, 1.165) is 12.1 Å². The van der Waals surface area contributed by atoms with Gasteiger partial charge in [-0.1, -0.05) is 13.0 Å². The highest BCUT2D eigenvalue weighted by Gasteiger charge is 2.67. The Balaban J connectivity index is 1.61. The number of phenols is 1. The first-order valence-corrected chi connectivity index (χ1v) is 13.1. The molecular formula is C29H28FN3O10. The van der Waals surface area contributed by atoms with Gasteiger partial charge in [-0.2, -0.15) is 0 Å². The topological polar surface area (TPSA) is 220 Å². The van der Waals surface area contributed by atoms with Crippen molar-refractivity contribution in [1.29, 1.82) is 0 Å². The number of benzene rings is 2. The summed E-state index contributed by atoms with van der Waals surface area (Å²) in [6, 6.07) is 5.83. The normalized spacial score (nSPS) is 28.3. The first kappa shape index (κ1) is 29.7. The van der Waals surface area contributed by atoms with Crippen molar-refractivity contribution < 1.29 is 53.8 Å². The average Bonchev–Trinajstić information content (AvgIpc) is 2.93. The molecule has 0 aliphatic heterocycles. The van der Waals surface area contributed by atoms with E-state index < -0.39 is 93.3 Å². The van der Waals surface area contributed by atoms with Gasteiger partial charge in [-0.15, -0.1) is 0 Å². The summed E-state index contributed by atoms with van der Waals surface area (Å²) in [5, 5.41) is 59.0. The standard InChI is InChI=1S/C29H28FN3O10/c1-10-13-8-9-14(32-28(41)43-12-6-4-11(30)5-7-12)21(34)16(13)22(35)17-15(10)23(36)19-20(33(2)3)24(37)18(27(31)40)26(39)29(19,42)25(17)38/h4-10,15,19-20,23,34,36-38,42H,1-3H3,(H2,31,40)(H,32,41)/t10-,15+,19+,20-,23-,29+/m0/s1. The molecule has 0 heterocycles. The number of primary amides is 1. The summed E-state index contributed by atoms with van der Waals surface area (Å²) in [6.45, 7) is 1.58. The largest absolute Gasteiger partial charge is 0.510 e. The van der Waals surface area contributed by atoms with E-state index in [1.165, 1.54) is 43.3 Å². The molecule has 0 radical (unpaired) electrons. The number of nitrogens with two attached hydrogens (primary N) is 1. The molecule has 0 fully saturated rings. The third-order valence-corrected chi connectivity index (χ3v) is 8.39. The number of anilines is 1. The van der Waals surface area contributed by atoms with Crippen molar-refractivity contribution in [3.05, 3.63) is 76.0 Å². The van der Waals surface area contributed by atoms with Crippen molar-refractivity contribution in [3.8, 4) is 11.5 Å². The Morgan fingerprint density at radius 1 is 1.07 bits per heavy atom. The molecule has 0 saturated heterocycles. The summed E-state index contributed by atoms with van der Waals surface area (Å²) >= 11 is 0. The molecule has 13 nitrogen and oxygen atoms in total. The van der Waals surface area contributed by atoms with Crippen LogP contribution in [0.3, 0.4) is 0 Å². The molecule has 0 spiro atoms. The summed E-state index contributed by atoms with van der Waals surface area (Å²) in [4.78, 5) is 53.3. The molecule has 43 heavy (non-hydrogen) atoms. The fourth-order valence-corrected chi connectivity index (χ4v) is 6.47. The van der Waals surface area contributed by atoms with Crippen LogP contribution in [0.4, 0.5) is 14.9 Å². The minimum atomic E-state index is -3.05. The molecule has 2 aromatic carbocycles. The van der Waals surface area contributed by atoms with Gasteiger partial charge in [0.2, 0.25) is 5.78 Å². The number of likely N-dealkylation sites (N-methyl/N-ethyl adjacent to an activating group) is 1. The number of hydrogen-bond donors (Lipinski definition) is 7. The summed E-state index contributed by atoms with van der Waals surface area (Å²) in [5.41, 5.74) is 0.229. The number of hydrogen-bond acceptors (Lipinski definition) is 11. The van der Waals surface area contributed by atoms with Crippen LogP contribution in [0.25, 0.3) is 0 Å². The number of nitrogens with zero attached hydrogens (tertiary/aromatic N) is 1. The van der Waals surface area contributed by atoms with Gasteiger partial charge in [0.25, 0.3) is 5.91 Å². The molecule has 6 atom stereocenters. The number of phenolic OH excluding ortho intramolecular Hbond substituents is 1. The predicted molar refractivity (Wildman–Crippen MR) is 146 cm³/mol. The maximum Gasteiger partial charge on any atom is 0.417 e. The number of rotatable bonds is 4. The van der Waals surface area contributed by atoms with Gasteiger partial charge in [0.15, 0.2) is 17.1 Å². The highest BCUT2D eigenvalue weighted by molar-refractivity contribution is 6.25. The van der Waals surface area contributed by atoms with Crippen LogP contribution in [-0.4, -0.2) is 85.8 Å². The molecule has 5 rings (SSSR count). The molecule has 2 aromatic rings. The second kappa shape index (κ2) is 10.2. The lowest BCUT2D eigenvalue weighted by Gasteiger charge is -2.53. The van der Waals surface area contributed by atoms with Gasteiger partial charge in [0.05, 0.1) is 29.3 Å². The second-order valence-electron chi connectivity index (χ2n) is 10.9. The van der Waals surface area contributed by atoms with Gasteiger partial charge in [0, 0.05) is 11.5 Å². The van der Waals surface area contributed by atoms with Crippen LogP contribution >= 0.6 is 0 Å². The Morgan fingerprint density at radius 2 is 1.70 bits per heavy atom. The zero-order valence-corrected chi connectivity index (χ0v) is 23.0. The first-order chi connectivity index (χ1) is 20.1. The number of carbonyl (C=O) groups is 4. The molecule has 0 aromatic heterocycles. The molecule has 2 amide bonds. The highest BCUT2D eigenvalue weighted by atomic mass is 19.1. The van der Waals surface area contributed by atoms with E-state index in [2.05, 4.69) is 5.32 Å². The smallest absolute Gasteiger partial charge is 0.417 e. The number of aromatic hydroxyl groups is 1. The number of amides is 2. The lowest BCUT2D eigenvalue weighted by atomic mass is 9.55. The van der Waals surface area contributed by atoms with Crippen LogP contribution in [-0.2, 0) is 9.59 Å². The molecule has 0 saturated carbocycles. The summed E-state index contributed by atoms with van der Waals surface area (Å²) in [6.07, 6.45) is -2.82. The van der Waals surface area contributed by atoms with Crippen LogP contribution in [0.15, 0.2) is 59.1 Å². The van der Waals surface area contributed by atoms with Gasteiger partial charge in [-0.05, 0) is 55.9 Å². The van der Waals surface area contributed by atoms with Gasteiger partial charge < -0.3 is 36.0 Å². The minimum Gasteiger partial charge on any atom is -0.510 e. The Labute approximate surface area is 243 Å². The molecule has 3 aliphatic carbocycles. The SMILES string of the molecule is C[C@H]1c2ccc(NC(=O)Oc3ccc(F)cc3)c(O)c2C(=O)C2=C(O)[C@@]3(O)C(=O)C(C(N)=O)=C(O)[C@@H](N(C)C)[C@@H]3[C@@H](O)[C@@H]21. The van der Waals surface area contributed by atoms with Crippen LogP contribution in [0.1, 0.15) is 28.8 Å². The number of ether oxygens (including phenoxy) is 1. The van der Waals surface area contributed by atoms with Crippen molar-refractivity contribution in [2.45, 2.75) is 30.6 Å². The zero-order chi connectivity index (χ0) is 31.7. The van der Waals surface area contributed by atoms with E-state index in [-0.39, 0.29) is 22.6 Å². The van der Waals surface area contributed by atoms with Crippen LogP contribution < -0.4 is 15.8 Å². The monoisotopic (exact) mass is 597 g/mol. The number of aliphatic hydroxyl groups excluding tert-OH is 3. The zero-order valence-electron chi connectivity index (χ0n) is 23.0. The van der Waals surface area contributed by atoms with E-state index >= 15 is 0 Å². The van der Waals surface area contributed by atoms with Crippen molar-refractivity contribution in [2.75, 3.05) is 19.4 Å². The number of halogens is 1. The Bertz CT molecular complexity index is 1650. The summed E-state index contributed by atoms with van der Waals surface area (Å²) in [5.74, 6) is -10.9. The van der Waals surface area contributed by atoms with E-state index in [9.17, 15) is 49.1 Å². The lowest BCUT2D eigenvalue weighted by molar-refractivity contribution is -0.162. The maximum absolute atomic E-state index is 13.9. The minimum absolute atomic E-state index is 0.0125. The molecule has 0 unspecified atom stereocenters. The molecular weight excluding hydrogens is 569 g/mol. The third kappa shape index (κ3) is 4.25. The number of Topliss-reactive ketones (excluding diaryl/α,β-unsaturated/α-hetero) is 2. The number of fused-ring (bicyclic) bond motifs is 3.